The molecule has 1 amide bonds. The first-order chi connectivity index (χ1) is 16.6. The molecule has 1 unspecified atom stereocenters. The van der Waals surface area contributed by atoms with Crippen LogP contribution >= 0.6 is 0 Å². The summed E-state index contributed by atoms with van der Waals surface area (Å²) in [7, 11) is 1.52. The second kappa shape index (κ2) is 11.0. The van der Waals surface area contributed by atoms with Crippen LogP contribution in [0.5, 0.6) is 11.5 Å². The van der Waals surface area contributed by atoms with Crippen molar-refractivity contribution in [3.63, 3.8) is 0 Å². The zero-order valence-electron chi connectivity index (χ0n) is 21.7. The second-order valence-corrected chi connectivity index (χ2v) is 9.87. The third-order valence-electron chi connectivity index (χ3n) is 6.37. The van der Waals surface area contributed by atoms with Gasteiger partial charge in [0.15, 0.2) is 0 Å². The van der Waals surface area contributed by atoms with Crippen molar-refractivity contribution in [2.24, 2.45) is 0 Å². The Morgan fingerprint density at radius 3 is 2.29 bits per heavy atom. The SMILES string of the molecule is CCCCCN1C(=O)C(=O)/C(=C(/O)c2cc(C(C)(C)C)ccc2OC)C1c1ccc(OCC)cc1. The molecule has 1 fully saturated rings. The first-order valence-electron chi connectivity index (χ1n) is 12.3. The Morgan fingerprint density at radius 2 is 1.71 bits per heavy atom. The lowest BCUT2D eigenvalue weighted by molar-refractivity contribution is -0.139. The molecule has 3 rings (SSSR count). The lowest BCUT2D eigenvalue weighted by Crippen LogP contribution is -2.30. The number of Topliss-reactive ketones (excluding diaryl/α,β-unsaturated/α-hetero) is 1. The fraction of sp³-hybridized carbons (Fsp3) is 0.448. The lowest BCUT2D eigenvalue weighted by Gasteiger charge is -2.26. The van der Waals surface area contributed by atoms with E-state index in [1.54, 1.807) is 11.0 Å². The number of methoxy groups -OCH3 is 1. The number of hydrogen-bond donors (Lipinski definition) is 1. The maximum Gasteiger partial charge on any atom is 0.295 e. The van der Waals surface area contributed by atoms with E-state index >= 15 is 0 Å². The summed E-state index contributed by atoms with van der Waals surface area (Å²) in [6, 6.07) is 12.2. The van der Waals surface area contributed by atoms with Crippen LogP contribution in [0.1, 0.15) is 76.6 Å². The third kappa shape index (κ3) is 5.53. The van der Waals surface area contributed by atoms with Crippen molar-refractivity contribution in [2.75, 3.05) is 20.3 Å². The van der Waals surface area contributed by atoms with E-state index in [9.17, 15) is 14.7 Å². The third-order valence-corrected chi connectivity index (χ3v) is 6.37. The van der Waals surface area contributed by atoms with Gasteiger partial charge in [0.05, 0.1) is 30.9 Å². The van der Waals surface area contributed by atoms with E-state index in [4.69, 9.17) is 9.47 Å². The van der Waals surface area contributed by atoms with Crippen LogP contribution in [0.25, 0.3) is 5.76 Å². The van der Waals surface area contributed by atoms with Gasteiger partial charge in [-0.25, -0.2) is 0 Å². The van der Waals surface area contributed by atoms with Crippen LogP contribution < -0.4 is 9.47 Å². The zero-order chi connectivity index (χ0) is 25.8. The molecule has 35 heavy (non-hydrogen) atoms. The molecule has 1 heterocycles. The van der Waals surface area contributed by atoms with Crippen molar-refractivity contribution in [1.29, 1.82) is 0 Å². The van der Waals surface area contributed by atoms with Gasteiger partial charge in [0, 0.05) is 6.54 Å². The highest BCUT2D eigenvalue weighted by molar-refractivity contribution is 6.46. The number of ether oxygens (including phenoxy) is 2. The number of unbranched alkanes of at least 4 members (excludes halogenated alkanes) is 2. The van der Waals surface area contributed by atoms with Gasteiger partial charge in [0.25, 0.3) is 11.7 Å². The average molecular weight is 480 g/mol. The Kier molecular flexibility index (Phi) is 8.26. The summed E-state index contributed by atoms with van der Waals surface area (Å²) in [6.45, 7) is 11.2. The normalized spacial score (nSPS) is 17.7. The van der Waals surface area contributed by atoms with E-state index in [0.717, 1.165) is 30.4 Å². The predicted octanol–water partition coefficient (Wildman–Crippen LogP) is 6.00. The fourth-order valence-electron chi connectivity index (χ4n) is 4.41. The molecule has 0 aromatic heterocycles. The van der Waals surface area contributed by atoms with Gasteiger partial charge in [-0.15, -0.1) is 0 Å². The van der Waals surface area contributed by atoms with Crippen LogP contribution in [0.4, 0.5) is 0 Å². The number of amides is 1. The van der Waals surface area contributed by atoms with Gasteiger partial charge in [-0.3, -0.25) is 9.59 Å². The van der Waals surface area contributed by atoms with E-state index in [2.05, 4.69) is 27.7 Å². The summed E-state index contributed by atoms with van der Waals surface area (Å²) in [4.78, 5) is 28.1. The summed E-state index contributed by atoms with van der Waals surface area (Å²) in [5.74, 6) is -0.339. The summed E-state index contributed by atoms with van der Waals surface area (Å²) in [6.07, 6.45) is 2.72. The summed E-state index contributed by atoms with van der Waals surface area (Å²) < 4.78 is 11.1. The number of carbonyl (C=O) groups excluding carboxylic acids is 2. The quantitative estimate of drug-likeness (QED) is 0.206. The van der Waals surface area contributed by atoms with Crippen molar-refractivity contribution in [3.05, 3.63) is 64.7 Å². The second-order valence-electron chi connectivity index (χ2n) is 9.87. The van der Waals surface area contributed by atoms with E-state index in [-0.39, 0.29) is 16.7 Å². The number of rotatable bonds is 9. The molecular formula is C29H37NO5. The summed E-state index contributed by atoms with van der Waals surface area (Å²) in [5.41, 5.74) is 2.04. The number of aliphatic hydroxyl groups excluding tert-OH is 1. The molecule has 1 aliphatic rings. The van der Waals surface area contributed by atoms with Gasteiger partial charge in [-0.1, -0.05) is 58.7 Å². The van der Waals surface area contributed by atoms with E-state index in [1.165, 1.54) is 7.11 Å². The molecule has 6 heteroatoms. The van der Waals surface area contributed by atoms with Gasteiger partial charge in [-0.05, 0) is 54.2 Å². The summed E-state index contributed by atoms with van der Waals surface area (Å²) in [5, 5.41) is 11.5. The predicted molar refractivity (Wildman–Crippen MR) is 138 cm³/mol. The van der Waals surface area contributed by atoms with Crippen LogP contribution in [-0.2, 0) is 15.0 Å². The van der Waals surface area contributed by atoms with Crippen LogP contribution in [0.3, 0.4) is 0 Å². The Balaban J connectivity index is 2.19. The highest BCUT2D eigenvalue weighted by atomic mass is 16.5. The minimum absolute atomic E-state index is 0.0833. The molecule has 2 aromatic carbocycles. The van der Waals surface area contributed by atoms with Crippen LogP contribution in [0.2, 0.25) is 0 Å². The smallest absolute Gasteiger partial charge is 0.295 e. The van der Waals surface area contributed by atoms with Crippen molar-refractivity contribution < 1.29 is 24.2 Å². The molecule has 1 N–H and O–H groups in total. The maximum absolute atomic E-state index is 13.3. The largest absolute Gasteiger partial charge is 0.507 e. The van der Waals surface area contributed by atoms with Crippen molar-refractivity contribution in [3.8, 4) is 11.5 Å². The van der Waals surface area contributed by atoms with E-state index < -0.39 is 17.7 Å². The average Bonchev–Trinajstić information content (AvgIpc) is 3.08. The van der Waals surface area contributed by atoms with Gasteiger partial charge < -0.3 is 19.5 Å². The first kappa shape index (κ1) is 26.3. The lowest BCUT2D eigenvalue weighted by atomic mass is 9.85. The molecule has 2 aromatic rings. The molecule has 0 spiro atoms. The maximum atomic E-state index is 13.3. The van der Waals surface area contributed by atoms with Gasteiger partial charge in [0.2, 0.25) is 0 Å². The number of carbonyl (C=O) groups is 2. The number of benzene rings is 2. The van der Waals surface area contributed by atoms with Gasteiger partial charge in [0.1, 0.15) is 17.3 Å². The number of likely N-dealkylation sites (tertiary alicyclic amines) is 1. The Morgan fingerprint density at radius 1 is 1.03 bits per heavy atom. The minimum Gasteiger partial charge on any atom is -0.507 e. The monoisotopic (exact) mass is 479 g/mol. The molecule has 1 saturated heterocycles. The van der Waals surface area contributed by atoms with Crippen molar-refractivity contribution in [1.82, 2.24) is 4.90 Å². The summed E-state index contributed by atoms with van der Waals surface area (Å²) >= 11 is 0. The first-order valence-corrected chi connectivity index (χ1v) is 12.3. The van der Waals surface area contributed by atoms with E-state index in [1.807, 2.05) is 43.3 Å². The molecule has 0 bridgehead atoms. The molecule has 6 nitrogen and oxygen atoms in total. The fourth-order valence-corrected chi connectivity index (χ4v) is 4.41. The molecular weight excluding hydrogens is 442 g/mol. The Bertz CT molecular complexity index is 1100. The van der Waals surface area contributed by atoms with Crippen LogP contribution in [-0.4, -0.2) is 42.0 Å². The molecule has 188 valence electrons. The van der Waals surface area contributed by atoms with E-state index in [0.29, 0.717) is 30.2 Å². The van der Waals surface area contributed by atoms with Gasteiger partial charge in [-0.2, -0.15) is 0 Å². The zero-order valence-corrected chi connectivity index (χ0v) is 21.7. The van der Waals surface area contributed by atoms with Gasteiger partial charge >= 0.3 is 0 Å². The number of aliphatic hydroxyl groups is 1. The molecule has 0 saturated carbocycles. The minimum atomic E-state index is -0.689. The molecule has 0 radical (unpaired) electrons. The number of nitrogens with zero attached hydrogens (tertiary/aromatic N) is 1. The highest BCUT2D eigenvalue weighted by Gasteiger charge is 2.46. The van der Waals surface area contributed by atoms with Crippen LogP contribution in [0, 0.1) is 0 Å². The van der Waals surface area contributed by atoms with Crippen molar-refractivity contribution in [2.45, 2.75) is 65.3 Å². The van der Waals surface area contributed by atoms with Crippen molar-refractivity contribution >= 4 is 17.4 Å². The standard InChI is InChI=1S/C29H37NO5/c1-7-9-10-17-30-25(19-11-14-21(15-12-19)35-8-2)24(27(32)28(30)33)26(31)22-18-20(29(3,4)5)13-16-23(22)34-6/h11-16,18,25,31H,7-10,17H2,1-6H3/b26-24+. The number of ketones is 1. The molecule has 0 aliphatic carbocycles. The Labute approximate surface area is 208 Å². The Hall–Kier alpha value is -3.28. The highest BCUT2D eigenvalue weighted by Crippen LogP contribution is 2.42. The topological polar surface area (TPSA) is 76.1 Å². The van der Waals surface area contributed by atoms with Crippen LogP contribution in [0.15, 0.2) is 48.0 Å². The number of hydrogen-bond acceptors (Lipinski definition) is 5. The molecule has 1 aliphatic heterocycles. The molecule has 1 atom stereocenters.